The third-order valence-corrected chi connectivity index (χ3v) is 8.85. The highest BCUT2D eigenvalue weighted by Crippen LogP contribution is 2.60. The van der Waals surface area contributed by atoms with Crippen LogP contribution in [0.2, 0.25) is 0 Å². The molecule has 0 spiro atoms. The summed E-state index contributed by atoms with van der Waals surface area (Å²) in [5.74, 6) is 0.0636. The molecule has 6 heteroatoms. The van der Waals surface area contributed by atoms with Crippen molar-refractivity contribution in [2.45, 2.75) is 52.0 Å². The Hall–Kier alpha value is -1.68. The number of aliphatic hydroxyl groups excluding tert-OH is 1. The van der Waals surface area contributed by atoms with E-state index < -0.39 is 13.2 Å². The largest absolute Gasteiger partial charge is 0.378 e. The lowest BCUT2D eigenvalue weighted by molar-refractivity contribution is 0.0427. The van der Waals surface area contributed by atoms with Crippen molar-refractivity contribution in [2.24, 2.45) is 17.8 Å². The predicted molar refractivity (Wildman–Crippen MR) is 123 cm³/mol. The molecule has 0 unspecified atom stereocenters. The Balaban J connectivity index is 2.01. The Morgan fingerprint density at radius 3 is 2.30 bits per heavy atom. The van der Waals surface area contributed by atoms with Crippen LogP contribution in [0, 0.1) is 17.8 Å². The zero-order valence-corrected chi connectivity index (χ0v) is 19.6. The number of pyridine rings is 1. The van der Waals surface area contributed by atoms with E-state index in [-0.39, 0.29) is 6.10 Å². The van der Waals surface area contributed by atoms with Crippen molar-refractivity contribution in [1.29, 1.82) is 0 Å². The van der Waals surface area contributed by atoms with Crippen LogP contribution in [0.25, 0.3) is 0 Å². The van der Waals surface area contributed by atoms with E-state index in [4.69, 9.17) is 4.52 Å². The lowest BCUT2D eigenvalue weighted by atomic mass is 9.75. The van der Waals surface area contributed by atoms with Gasteiger partial charge in [-0.2, -0.15) is 0 Å². The molecular weight excluding hydrogens is 395 g/mol. The summed E-state index contributed by atoms with van der Waals surface area (Å²) in [7, 11) is 0.334. The molecule has 5 atom stereocenters. The molecule has 1 aromatic carbocycles. The molecule has 1 aromatic heterocycles. The number of aromatic nitrogens is 1. The molecule has 1 heterocycles. The number of rotatable bonds is 7. The van der Waals surface area contributed by atoms with Crippen LogP contribution in [-0.4, -0.2) is 30.3 Å². The third-order valence-electron chi connectivity index (χ3n) is 6.31. The number of anilines is 1. The highest BCUT2D eigenvalue weighted by Gasteiger charge is 2.42. The van der Waals surface area contributed by atoms with Gasteiger partial charge in [-0.25, -0.2) is 0 Å². The molecule has 0 saturated heterocycles. The van der Waals surface area contributed by atoms with Crippen molar-refractivity contribution in [3.63, 3.8) is 0 Å². The molecule has 3 rings (SSSR count). The average molecular weight is 431 g/mol. The highest BCUT2D eigenvalue weighted by molar-refractivity contribution is 7.67. The number of nitrogens with zero attached hydrogens (tertiary/aromatic N) is 2. The molecule has 0 amide bonds. The van der Waals surface area contributed by atoms with E-state index in [9.17, 15) is 9.67 Å². The van der Waals surface area contributed by atoms with Gasteiger partial charge in [0, 0.05) is 37.5 Å². The van der Waals surface area contributed by atoms with Crippen molar-refractivity contribution in [3.8, 4) is 0 Å². The second-order valence-corrected chi connectivity index (χ2v) is 11.5. The fourth-order valence-corrected chi connectivity index (χ4v) is 6.68. The van der Waals surface area contributed by atoms with Crippen LogP contribution in [0.15, 0.2) is 48.8 Å². The maximum absolute atomic E-state index is 14.4. The van der Waals surface area contributed by atoms with E-state index in [0.717, 1.165) is 24.9 Å². The summed E-state index contributed by atoms with van der Waals surface area (Å²) in [5.41, 5.74) is 1.57. The van der Waals surface area contributed by atoms with Crippen molar-refractivity contribution in [2.75, 3.05) is 19.0 Å². The molecule has 5 nitrogen and oxygen atoms in total. The maximum Gasteiger partial charge on any atom is 0.264 e. The second kappa shape index (κ2) is 9.64. The van der Waals surface area contributed by atoms with E-state index in [1.165, 1.54) is 0 Å². The van der Waals surface area contributed by atoms with Crippen molar-refractivity contribution >= 4 is 18.4 Å². The van der Waals surface area contributed by atoms with E-state index >= 15 is 0 Å². The van der Waals surface area contributed by atoms with Gasteiger partial charge in [0.25, 0.3) is 7.37 Å². The van der Waals surface area contributed by atoms with Crippen LogP contribution in [0.4, 0.5) is 5.69 Å². The summed E-state index contributed by atoms with van der Waals surface area (Å²) in [4.78, 5) is 6.02. The zero-order valence-electron chi connectivity index (χ0n) is 18.7. The van der Waals surface area contributed by atoms with Crippen molar-refractivity contribution < 1.29 is 14.2 Å². The Morgan fingerprint density at radius 2 is 1.73 bits per heavy atom. The fraction of sp³-hybridized carbons (Fsp3) is 0.542. The minimum atomic E-state index is -3.60. The minimum Gasteiger partial charge on any atom is -0.378 e. The van der Waals surface area contributed by atoms with Gasteiger partial charge in [-0.1, -0.05) is 27.2 Å². The standard InChI is InChI=1S/C24H35N2O3P/c1-17(2)22-11-6-18(3)16-23(22)29-30(28,24(27)19-12-14-25-15-13-19)21-9-7-20(8-10-21)26(4)5/h7-10,12-15,17-18,22-24,27H,6,11,16H2,1-5H3/t18-,22-,23-,24-,30-/m1/s1. The summed E-state index contributed by atoms with van der Waals surface area (Å²) < 4.78 is 20.9. The first-order valence-corrected chi connectivity index (χ1v) is 12.6. The van der Waals surface area contributed by atoms with Crippen molar-refractivity contribution in [1.82, 2.24) is 4.98 Å². The Labute approximate surface area is 180 Å². The molecule has 1 fully saturated rings. The fourth-order valence-electron chi connectivity index (χ4n) is 4.39. The maximum atomic E-state index is 14.4. The van der Waals surface area contributed by atoms with Gasteiger partial charge in [-0.05, 0) is 72.6 Å². The summed E-state index contributed by atoms with van der Waals surface area (Å²) in [5, 5.41) is 11.8. The van der Waals surface area contributed by atoms with Gasteiger partial charge >= 0.3 is 0 Å². The quantitative estimate of drug-likeness (QED) is 0.610. The summed E-state index contributed by atoms with van der Waals surface area (Å²) in [6.07, 6.45) is 6.18. The normalized spacial score (nSPS) is 25.0. The molecule has 1 saturated carbocycles. The molecule has 1 aliphatic carbocycles. The SMILES string of the molecule is CC(C)[C@H]1CC[C@@H](C)C[C@H]1O[P@](=O)(c1ccc(N(C)C)cc1)[C@@H](O)c1ccncc1. The third kappa shape index (κ3) is 4.96. The lowest BCUT2D eigenvalue weighted by Crippen LogP contribution is -2.35. The van der Waals surface area contributed by atoms with Crippen LogP contribution in [0.3, 0.4) is 0 Å². The van der Waals surface area contributed by atoms with Crippen LogP contribution in [0.1, 0.15) is 51.4 Å². The van der Waals surface area contributed by atoms with Gasteiger partial charge in [0.2, 0.25) is 0 Å². The zero-order chi connectivity index (χ0) is 21.9. The summed E-state index contributed by atoms with van der Waals surface area (Å²) >= 11 is 0. The molecule has 1 N–H and O–H groups in total. The van der Waals surface area contributed by atoms with Crippen LogP contribution in [0.5, 0.6) is 0 Å². The van der Waals surface area contributed by atoms with Gasteiger partial charge < -0.3 is 14.5 Å². The second-order valence-electron chi connectivity index (χ2n) is 9.13. The average Bonchev–Trinajstić information content (AvgIpc) is 2.73. The van der Waals surface area contributed by atoms with Gasteiger partial charge in [0.1, 0.15) is 0 Å². The van der Waals surface area contributed by atoms with E-state index in [0.29, 0.717) is 28.6 Å². The van der Waals surface area contributed by atoms with Gasteiger partial charge in [-0.3, -0.25) is 9.55 Å². The molecule has 164 valence electrons. The molecule has 0 aliphatic heterocycles. The smallest absolute Gasteiger partial charge is 0.264 e. The van der Waals surface area contributed by atoms with E-state index in [1.54, 1.807) is 24.5 Å². The van der Waals surface area contributed by atoms with Gasteiger partial charge in [-0.15, -0.1) is 0 Å². The molecule has 0 bridgehead atoms. The first kappa shape index (κ1) is 23.0. The first-order chi connectivity index (χ1) is 14.2. The number of benzene rings is 1. The first-order valence-electron chi connectivity index (χ1n) is 10.9. The Morgan fingerprint density at radius 1 is 1.10 bits per heavy atom. The van der Waals surface area contributed by atoms with Gasteiger partial charge in [0.15, 0.2) is 5.85 Å². The minimum absolute atomic E-state index is 0.135. The van der Waals surface area contributed by atoms with Crippen molar-refractivity contribution in [3.05, 3.63) is 54.4 Å². The van der Waals surface area contributed by atoms with E-state index in [1.807, 2.05) is 43.3 Å². The monoisotopic (exact) mass is 430 g/mol. The summed E-state index contributed by atoms with van der Waals surface area (Å²) in [6.45, 7) is 6.63. The number of hydrogen-bond donors (Lipinski definition) is 1. The number of aliphatic hydroxyl groups is 1. The molecular formula is C24H35N2O3P. The topological polar surface area (TPSA) is 62.7 Å². The Bertz CT molecular complexity index is 855. The van der Waals surface area contributed by atoms with E-state index in [2.05, 4.69) is 25.8 Å². The number of hydrogen-bond acceptors (Lipinski definition) is 5. The molecule has 0 radical (unpaired) electrons. The van der Waals surface area contributed by atoms with Crippen LogP contribution < -0.4 is 10.2 Å². The lowest BCUT2D eigenvalue weighted by Gasteiger charge is -2.39. The van der Waals surface area contributed by atoms with Crippen LogP contribution in [-0.2, 0) is 9.09 Å². The molecule has 2 aromatic rings. The predicted octanol–water partition coefficient (Wildman–Crippen LogP) is 5.22. The highest BCUT2D eigenvalue weighted by atomic mass is 31.2. The molecule has 1 aliphatic rings. The summed E-state index contributed by atoms with van der Waals surface area (Å²) in [6, 6.07) is 10.9. The van der Waals surface area contributed by atoms with Crippen LogP contribution >= 0.6 is 7.37 Å². The Kier molecular flexibility index (Phi) is 7.38. The van der Waals surface area contributed by atoms with Gasteiger partial charge in [0.05, 0.1) is 6.10 Å². The molecule has 30 heavy (non-hydrogen) atoms.